The van der Waals surface area contributed by atoms with Crippen molar-refractivity contribution in [2.45, 2.75) is 38.5 Å². The summed E-state index contributed by atoms with van der Waals surface area (Å²) in [7, 11) is 3.33. The highest BCUT2D eigenvalue weighted by molar-refractivity contribution is 5.59. The Morgan fingerprint density at radius 1 is 1.00 bits per heavy atom. The first-order valence-corrected chi connectivity index (χ1v) is 7.97. The maximum atomic E-state index is 6.00. The zero-order chi connectivity index (χ0) is 15.1. The lowest BCUT2D eigenvalue weighted by Crippen LogP contribution is -2.26. The number of rotatable bonds is 6. The van der Waals surface area contributed by atoms with Crippen LogP contribution >= 0.6 is 0 Å². The van der Waals surface area contributed by atoms with Gasteiger partial charge in [-0.25, -0.2) is 0 Å². The maximum Gasteiger partial charge on any atom is 0.145 e. The molecule has 0 amide bonds. The van der Waals surface area contributed by atoms with Crippen LogP contribution in [0.4, 0.5) is 5.69 Å². The zero-order valence-electron chi connectivity index (χ0n) is 13.4. The minimum absolute atomic E-state index is 0.683. The molecule has 0 radical (unpaired) electrons. The SMILES string of the molecule is COc1cc(OC)c(CCCN2CCCCCC2)cc1N. The molecule has 0 aromatic heterocycles. The molecule has 4 heteroatoms. The molecule has 118 valence electrons. The van der Waals surface area contributed by atoms with E-state index in [4.69, 9.17) is 15.2 Å². The first-order valence-electron chi connectivity index (χ1n) is 7.97. The first kappa shape index (κ1) is 16.0. The van der Waals surface area contributed by atoms with E-state index >= 15 is 0 Å². The van der Waals surface area contributed by atoms with Gasteiger partial charge in [-0.3, -0.25) is 0 Å². The fraction of sp³-hybridized carbons (Fsp3) is 0.647. The third-order valence-corrected chi connectivity index (χ3v) is 4.25. The number of hydrogen-bond acceptors (Lipinski definition) is 4. The van der Waals surface area contributed by atoms with Crippen molar-refractivity contribution in [2.75, 3.05) is 39.6 Å². The molecule has 1 aliphatic rings. The molecule has 1 heterocycles. The van der Waals surface area contributed by atoms with Gasteiger partial charge in [-0.15, -0.1) is 0 Å². The molecule has 2 rings (SSSR count). The largest absolute Gasteiger partial charge is 0.496 e. The molecule has 1 aromatic carbocycles. The highest BCUT2D eigenvalue weighted by Gasteiger charge is 2.11. The molecular formula is C17H28N2O2. The van der Waals surface area contributed by atoms with Crippen LogP contribution in [0, 0.1) is 0 Å². The zero-order valence-corrected chi connectivity index (χ0v) is 13.4. The number of benzene rings is 1. The van der Waals surface area contributed by atoms with E-state index < -0.39 is 0 Å². The number of anilines is 1. The first-order chi connectivity index (χ1) is 10.2. The predicted molar refractivity (Wildman–Crippen MR) is 87.2 cm³/mol. The Morgan fingerprint density at radius 2 is 1.67 bits per heavy atom. The second-order valence-corrected chi connectivity index (χ2v) is 5.77. The van der Waals surface area contributed by atoms with Gasteiger partial charge in [0, 0.05) is 6.07 Å². The second-order valence-electron chi connectivity index (χ2n) is 5.77. The van der Waals surface area contributed by atoms with Gasteiger partial charge in [0.15, 0.2) is 0 Å². The van der Waals surface area contributed by atoms with Crippen molar-refractivity contribution < 1.29 is 9.47 Å². The fourth-order valence-corrected chi connectivity index (χ4v) is 3.04. The van der Waals surface area contributed by atoms with Gasteiger partial charge in [-0.1, -0.05) is 12.8 Å². The highest BCUT2D eigenvalue weighted by atomic mass is 16.5. The number of nitrogen functional groups attached to an aromatic ring is 1. The van der Waals surface area contributed by atoms with Gasteiger partial charge < -0.3 is 20.1 Å². The highest BCUT2D eigenvalue weighted by Crippen LogP contribution is 2.31. The molecule has 1 aromatic rings. The quantitative estimate of drug-likeness (QED) is 0.819. The smallest absolute Gasteiger partial charge is 0.145 e. The van der Waals surface area contributed by atoms with Crippen LogP contribution in [0.1, 0.15) is 37.7 Å². The molecule has 1 aliphatic heterocycles. The van der Waals surface area contributed by atoms with Crippen molar-refractivity contribution in [3.05, 3.63) is 17.7 Å². The summed E-state index contributed by atoms with van der Waals surface area (Å²) >= 11 is 0. The van der Waals surface area contributed by atoms with Gasteiger partial charge in [0.05, 0.1) is 19.9 Å². The topological polar surface area (TPSA) is 47.7 Å². The summed E-state index contributed by atoms with van der Waals surface area (Å²) in [6, 6.07) is 3.87. The molecule has 0 aliphatic carbocycles. The molecule has 0 unspecified atom stereocenters. The summed E-state index contributed by atoms with van der Waals surface area (Å²) in [6.45, 7) is 3.67. The van der Waals surface area contributed by atoms with Gasteiger partial charge in [-0.05, 0) is 56.9 Å². The molecule has 0 spiro atoms. The Kier molecular flexibility index (Phi) is 6.18. The van der Waals surface area contributed by atoms with Crippen molar-refractivity contribution >= 4 is 5.69 Å². The minimum atomic E-state index is 0.683. The van der Waals surface area contributed by atoms with Gasteiger partial charge in [0.1, 0.15) is 11.5 Å². The van der Waals surface area contributed by atoms with Crippen LogP contribution in [0.5, 0.6) is 11.5 Å². The molecule has 1 fully saturated rings. The number of aryl methyl sites for hydroxylation is 1. The van der Waals surface area contributed by atoms with E-state index in [2.05, 4.69) is 4.90 Å². The summed E-state index contributed by atoms with van der Waals surface area (Å²) in [6.07, 6.45) is 7.60. The number of methoxy groups -OCH3 is 2. The predicted octanol–water partition coefficient (Wildman–Crippen LogP) is 3.09. The average molecular weight is 292 g/mol. The molecule has 1 saturated heterocycles. The molecule has 0 atom stereocenters. The molecule has 4 nitrogen and oxygen atoms in total. The van der Waals surface area contributed by atoms with Crippen LogP contribution in [-0.4, -0.2) is 38.8 Å². The van der Waals surface area contributed by atoms with Crippen molar-refractivity contribution in [1.29, 1.82) is 0 Å². The summed E-state index contributed by atoms with van der Waals surface area (Å²) < 4.78 is 10.7. The van der Waals surface area contributed by atoms with Crippen LogP contribution in [0.15, 0.2) is 12.1 Å². The third kappa shape index (κ3) is 4.53. The van der Waals surface area contributed by atoms with Crippen molar-refractivity contribution in [1.82, 2.24) is 4.90 Å². The molecule has 2 N–H and O–H groups in total. The fourth-order valence-electron chi connectivity index (χ4n) is 3.04. The van der Waals surface area contributed by atoms with Crippen LogP contribution in [-0.2, 0) is 6.42 Å². The third-order valence-electron chi connectivity index (χ3n) is 4.25. The number of nitrogens with zero attached hydrogens (tertiary/aromatic N) is 1. The standard InChI is InChI=1S/C17H28N2O2/c1-20-16-13-17(21-2)15(18)12-14(16)8-7-11-19-9-5-3-4-6-10-19/h12-13H,3-11,18H2,1-2H3. The van der Waals surface area contributed by atoms with Crippen molar-refractivity contribution in [3.8, 4) is 11.5 Å². The van der Waals surface area contributed by atoms with Crippen LogP contribution in [0.25, 0.3) is 0 Å². The van der Waals surface area contributed by atoms with E-state index in [0.717, 1.165) is 25.1 Å². The Bertz CT molecular complexity index is 441. The summed E-state index contributed by atoms with van der Waals surface area (Å²) in [5.41, 5.74) is 7.85. The lowest BCUT2D eigenvalue weighted by atomic mass is 10.1. The summed E-state index contributed by atoms with van der Waals surface area (Å²) in [5, 5.41) is 0. The van der Waals surface area contributed by atoms with Crippen molar-refractivity contribution in [3.63, 3.8) is 0 Å². The monoisotopic (exact) mass is 292 g/mol. The van der Waals surface area contributed by atoms with Gasteiger partial charge >= 0.3 is 0 Å². The van der Waals surface area contributed by atoms with E-state index in [1.807, 2.05) is 12.1 Å². The number of nitrogens with two attached hydrogens (primary N) is 1. The van der Waals surface area contributed by atoms with Crippen LogP contribution in [0.2, 0.25) is 0 Å². The molecule has 21 heavy (non-hydrogen) atoms. The van der Waals surface area contributed by atoms with Gasteiger partial charge in [-0.2, -0.15) is 0 Å². The Balaban J connectivity index is 1.91. The van der Waals surface area contributed by atoms with E-state index in [0.29, 0.717) is 11.4 Å². The van der Waals surface area contributed by atoms with Crippen LogP contribution in [0.3, 0.4) is 0 Å². The molecule has 0 bridgehead atoms. The van der Waals surface area contributed by atoms with E-state index in [1.54, 1.807) is 14.2 Å². The number of hydrogen-bond donors (Lipinski definition) is 1. The lowest BCUT2D eigenvalue weighted by molar-refractivity contribution is 0.281. The normalized spacial score (nSPS) is 16.5. The molecule has 0 saturated carbocycles. The van der Waals surface area contributed by atoms with E-state index in [9.17, 15) is 0 Å². The molecular weight excluding hydrogens is 264 g/mol. The Morgan fingerprint density at radius 3 is 2.29 bits per heavy atom. The summed E-state index contributed by atoms with van der Waals surface area (Å²) in [5.74, 6) is 1.56. The van der Waals surface area contributed by atoms with E-state index in [-0.39, 0.29) is 0 Å². The number of likely N-dealkylation sites (tertiary alicyclic amines) is 1. The summed E-state index contributed by atoms with van der Waals surface area (Å²) in [4.78, 5) is 2.59. The average Bonchev–Trinajstić information content (AvgIpc) is 2.76. The number of ether oxygens (including phenoxy) is 2. The Labute approximate surface area is 128 Å². The van der Waals surface area contributed by atoms with Crippen molar-refractivity contribution in [2.24, 2.45) is 0 Å². The van der Waals surface area contributed by atoms with Crippen LogP contribution < -0.4 is 15.2 Å². The van der Waals surface area contributed by atoms with Gasteiger partial charge in [0.25, 0.3) is 0 Å². The lowest BCUT2D eigenvalue weighted by Gasteiger charge is -2.20. The second kappa shape index (κ2) is 8.13. The van der Waals surface area contributed by atoms with Gasteiger partial charge in [0.2, 0.25) is 0 Å². The van der Waals surface area contributed by atoms with E-state index in [1.165, 1.54) is 44.3 Å². The minimum Gasteiger partial charge on any atom is -0.496 e. The maximum absolute atomic E-state index is 6.00. The Hall–Kier alpha value is -1.42.